The Morgan fingerprint density at radius 1 is 1.05 bits per heavy atom. The van der Waals surface area contributed by atoms with Crippen molar-refractivity contribution < 1.29 is 0 Å². The van der Waals surface area contributed by atoms with Crippen molar-refractivity contribution in [3.63, 3.8) is 0 Å². The van der Waals surface area contributed by atoms with Crippen molar-refractivity contribution >= 4 is 22.2 Å². The van der Waals surface area contributed by atoms with Gasteiger partial charge in [-0.05, 0) is 55.3 Å². The fourth-order valence-electron chi connectivity index (χ4n) is 2.39. The van der Waals surface area contributed by atoms with Gasteiger partial charge in [-0.2, -0.15) is 0 Å². The highest BCUT2D eigenvalue weighted by Crippen LogP contribution is 2.21. The zero-order valence-corrected chi connectivity index (χ0v) is 12.1. The molecule has 0 unspecified atom stereocenters. The molecule has 0 spiro atoms. The maximum Gasteiger partial charge on any atom is 0.0737 e. The SMILES string of the molecule is Cc1csc(CCc2cccc3ccc(C)nc23)c1. The van der Waals surface area contributed by atoms with E-state index in [1.54, 1.807) is 0 Å². The van der Waals surface area contributed by atoms with E-state index >= 15 is 0 Å². The average Bonchev–Trinajstić information content (AvgIpc) is 2.82. The maximum atomic E-state index is 4.70. The molecule has 96 valence electrons. The molecule has 0 atom stereocenters. The molecule has 0 bridgehead atoms. The van der Waals surface area contributed by atoms with Crippen LogP contribution in [0.15, 0.2) is 41.8 Å². The van der Waals surface area contributed by atoms with Gasteiger partial charge in [-0.25, -0.2) is 0 Å². The quantitative estimate of drug-likeness (QED) is 0.670. The minimum absolute atomic E-state index is 1.06. The average molecular weight is 267 g/mol. The second-order valence-corrected chi connectivity index (χ2v) is 6.03. The van der Waals surface area contributed by atoms with E-state index in [0.717, 1.165) is 24.1 Å². The van der Waals surface area contributed by atoms with Gasteiger partial charge in [0.25, 0.3) is 0 Å². The molecule has 0 fully saturated rings. The summed E-state index contributed by atoms with van der Waals surface area (Å²) in [4.78, 5) is 6.16. The molecule has 19 heavy (non-hydrogen) atoms. The van der Waals surface area contributed by atoms with E-state index in [2.05, 4.69) is 55.6 Å². The summed E-state index contributed by atoms with van der Waals surface area (Å²) in [6.07, 6.45) is 2.17. The standard InChI is InChI=1S/C17H17NS/c1-12-10-16(19-11-12)9-8-15-5-3-4-14-7-6-13(2)18-17(14)15/h3-7,10-11H,8-9H2,1-2H3. The Hall–Kier alpha value is -1.67. The summed E-state index contributed by atoms with van der Waals surface area (Å²) < 4.78 is 0. The molecule has 0 amide bonds. The summed E-state index contributed by atoms with van der Waals surface area (Å²) >= 11 is 1.86. The summed E-state index contributed by atoms with van der Waals surface area (Å²) in [7, 11) is 0. The van der Waals surface area contributed by atoms with Gasteiger partial charge in [0.2, 0.25) is 0 Å². The fraction of sp³-hybridized carbons (Fsp3) is 0.235. The predicted molar refractivity (Wildman–Crippen MR) is 82.9 cm³/mol. The van der Waals surface area contributed by atoms with Crippen molar-refractivity contribution in [2.75, 3.05) is 0 Å². The van der Waals surface area contributed by atoms with Crippen molar-refractivity contribution in [1.29, 1.82) is 0 Å². The minimum atomic E-state index is 1.06. The predicted octanol–water partition coefficient (Wildman–Crippen LogP) is 4.70. The van der Waals surface area contributed by atoms with Crippen molar-refractivity contribution in [2.24, 2.45) is 0 Å². The summed E-state index contributed by atoms with van der Waals surface area (Å²) in [5.74, 6) is 0. The lowest BCUT2D eigenvalue weighted by Gasteiger charge is -2.06. The molecule has 3 rings (SSSR count). The van der Waals surface area contributed by atoms with Gasteiger partial charge in [0.05, 0.1) is 5.52 Å². The molecule has 0 saturated carbocycles. The number of para-hydroxylation sites is 1. The van der Waals surface area contributed by atoms with E-state index in [-0.39, 0.29) is 0 Å². The van der Waals surface area contributed by atoms with Crippen LogP contribution in [0.2, 0.25) is 0 Å². The monoisotopic (exact) mass is 267 g/mol. The molecular weight excluding hydrogens is 250 g/mol. The first-order valence-electron chi connectivity index (χ1n) is 6.61. The largest absolute Gasteiger partial charge is 0.253 e. The molecule has 0 aliphatic carbocycles. The third-order valence-electron chi connectivity index (χ3n) is 3.37. The zero-order valence-electron chi connectivity index (χ0n) is 11.3. The summed E-state index contributed by atoms with van der Waals surface area (Å²) in [6, 6.07) is 13.0. The third kappa shape index (κ3) is 2.69. The first kappa shape index (κ1) is 12.4. The van der Waals surface area contributed by atoms with Crippen LogP contribution < -0.4 is 0 Å². The molecular formula is C17H17NS. The lowest BCUT2D eigenvalue weighted by Crippen LogP contribution is -1.93. The summed E-state index contributed by atoms with van der Waals surface area (Å²) in [6.45, 7) is 4.21. The first-order chi connectivity index (χ1) is 9.22. The third-order valence-corrected chi connectivity index (χ3v) is 4.48. The molecule has 0 aliphatic heterocycles. The summed E-state index contributed by atoms with van der Waals surface area (Å²) in [5, 5.41) is 3.46. The smallest absolute Gasteiger partial charge is 0.0737 e. The van der Waals surface area contributed by atoms with Crippen LogP contribution in [0.5, 0.6) is 0 Å². The number of nitrogens with zero attached hydrogens (tertiary/aromatic N) is 1. The van der Waals surface area contributed by atoms with Crippen molar-refractivity contribution in [1.82, 2.24) is 4.98 Å². The Kier molecular flexibility index (Phi) is 3.34. The highest BCUT2D eigenvalue weighted by molar-refractivity contribution is 7.10. The van der Waals surface area contributed by atoms with Gasteiger partial charge in [-0.1, -0.05) is 24.3 Å². The zero-order chi connectivity index (χ0) is 13.2. The first-order valence-corrected chi connectivity index (χ1v) is 7.49. The van der Waals surface area contributed by atoms with Gasteiger partial charge in [-0.3, -0.25) is 4.98 Å². The Morgan fingerprint density at radius 2 is 1.95 bits per heavy atom. The Bertz CT molecular complexity index is 712. The van der Waals surface area contributed by atoms with E-state index in [0.29, 0.717) is 0 Å². The lowest BCUT2D eigenvalue weighted by atomic mass is 10.0. The van der Waals surface area contributed by atoms with Gasteiger partial charge < -0.3 is 0 Å². The van der Waals surface area contributed by atoms with Crippen LogP contribution in [0.25, 0.3) is 10.9 Å². The second-order valence-electron chi connectivity index (χ2n) is 5.03. The maximum absolute atomic E-state index is 4.70. The summed E-state index contributed by atoms with van der Waals surface area (Å²) in [5.41, 5.74) is 4.97. The van der Waals surface area contributed by atoms with Crippen LogP contribution in [0.1, 0.15) is 21.7 Å². The van der Waals surface area contributed by atoms with Crippen molar-refractivity contribution in [3.05, 3.63) is 63.5 Å². The Balaban J connectivity index is 1.90. The van der Waals surface area contributed by atoms with Crippen LogP contribution in [0.3, 0.4) is 0 Å². The van der Waals surface area contributed by atoms with Crippen LogP contribution in [-0.2, 0) is 12.8 Å². The topological polar surface area (TPSA) is 12.9 Å². The van der Waals surface area contributed by atoms with Gasteiger partial charge in [0.15, 0.2) is 0 Å². The molecule has 3 aromatic rings. The van der Waals surface area contributed by atoms with E-state index in [4.69, 9.17) is 4.98 Å². The molecule has 2 heterocycles. The normalized spacial score (nSPS) is 11.1. The minimum Gasteiger partial charge on any atom is -0.253 e. The number of fused-ring (bicyclic) bond motifs is 1. The number of thiophene rings is 1. The van der Waals surface area contributed by atoms with Crippen molar-refractivity contribution in [3.8, 4) is 0 Å². The number of rotatable bonds is 3. The highest BCUT2D eigenvalue weighted by atomic mass is 32.1. The molecule has 2 heteroatoms. The number of benzene rings is 1. The molecule has 1 nitrogen and oxygen atoms in total. The van der Waals surface area contributed by atoms with E-state index in [1.807, 2.05) is 11.3 Å². The van der Waals surface area contributed by atoms with Crippen molar-refractivity contribution in [2.45, 2.75) is 26.7 Å². The van der Waals surface area contributed by atoms with Gasteiger partial charge in [0, 0.05) is 16.0 Å². The van der Waals surface area contributed by atoms with Gasteiger partial charge >= 0.3 is 0 Å². The molecule has 1 aromatic carbocycles. The molecule has 0 saturated heterocycles. The van der Waals surface area contributed by atoms with E-state index < -0.39 is 0 Å². The number of aromatic nitrogens is 1. The highest BCUT2D eigenvalue weighted by Gasteiger charge is 2.04. The molecule has 0 radical (unpaired) electrons. The van der Waals surface area contributed by atoms with Gasteiger partial charge in [0.1, 0.15) is 0 Å². The Labute approximate surface area is 117 Å². The van der Waals surface area contributed by atoms with Gasteiger partial charge in [-0.15, -0.1) is 11.3 Å². The fourth-order valence-corrected chi connectivity index (χ4v) is 3.27. The van der Waals surface area contributed by atoms with Crippen LogP contribution in [-0.4, -0.2) is 4.98 Å². The molecule has 2 aromatic heterocycles. The Morgan fingerprint density at radius 3 is 2.74 bits per heavy atom. The number of pyridine rings is 1. The molecule has 0 aliphatic rings. The number of hydrogen-bond acceptors (Lipinski definition) is 2. The number of aryl methyl sites for hydroxylation is 4. The second kappa shape index (κ2) is 5.14. The van der Waals surface area contributed by atoms with Crippen LogP contribution in [0.4, 0.5) is 0 Å². The van der Waals surface area contributed by atoms with Crippen LogP contribution in [0, 0.1) is 13.8 Å². The number of hydrogen-bond donors (Lipinski definition) is 0. The van der Waals surface area contributed by atoms with E-state index in [1.165, 1.54) is 21.4 Å². The molecule has 0 N–H and O–H groups in total. The lowest BCUT2D eigenvalue weighted by molar-refractivity contribution is 0.983. The van der Waals surface area contributed by atoms with Crippen LogP contribution >= 0.6 is 11.3 Å². The van der Waals surface area contributed by atoms with E-state index in [9.17, 15) is 0 Å².